The second-order valence-corrected chi connectivity index (χ2v) is 5.55. The topological polar surface area (TPSA) is 34.1 Å². The molecule has 0 radical (unpaired) electrons. The number of rotatable bonds is 3. The third-order valence-corrected chi connectivity index (χ3v) is 4.01. The minimum atomic E-state index is -3.21. The Kier molecular flexibility index (Phi) is 5.01. The van der Waals surface area contributed by atoms with Crippen LogP contribution in [-0.2, 0) is 15.6 Å². The van der Waals surface area contributed by atoms with Crippen molar-refractivity contribution in [2.75, 3.05) is 0 Å². The van der Waals surface area contributed by atoms with Crippen LogP contribution in [0.4, 0.5) is 0 Å². The maximum absolute atomic E-state index is 12.0. The van der Waals surface area contributed by atoms with Gasteiger partial charge in [-0.05, 0) is 17.7 Å². The third-order valence-electron chi connectivity index (χ3n) is 2.30. The summed E-state index contributed by atoms with van der Waals surface area (Å²) >= 11 is 0. The molecule has 0 bridgehead atoms. The summed E-state index contributed by atoms with van der Waals surface area (Å²) in [6.07, 6.45) is 0. The van der Waals surface area contributed by atoms with Crippen molar-refractivity contribution < 1.29 is 8.42 Å². The number of hydrogen-bond acceptors (Lipinski definition) is 2. The van der Waals surface area contributed by atoms with Crippen molar-refractivity contribution in [1.82, 2.24) is 0 Å². The van der Waals surface area contributed by atoms with Crippen molar-refractivity contribution in [1.29, 1.82) is 0 Å². The molecule has 0 heterocycles. The van der Waals surface area contributed by atoms with E-state index in [1.165, 1.54) is 0 Å². The average Bonchev–Trinajstić information content (AvgIpc) is 2.31. The van der Waals surface area contributed by atoms with Gasteiger partial charge >= 0.3 is 18.9 Å². The van der Waals surface area contributed by atoms with Gasteiger partial charge in [0.25, 0.3) is 0 Å². The van der Waals surface area contributed by atoms with Gasteiger partial charge in [0, 0.05) is 0 Å². The summed E-state index contributed by atoms with van der Waals surface area (Å²) in [5.41, 5.74) is 0.811. The summed E-state index contributed by atoms with van der Waals surface area (Å²) in [5.74, 6) is 0.0534. The SMILES string of the molecule is O=S(=O)(Cc1ccccc1)c1ccccc1.[LiH]. The third kappa shape index (κ3) is 3.74. The molecule has 0 N–H and O–H groups in total. The summed E-state index contributed by atoms with van der Waals surface area (Å²) in [7, 11) is -3.21. The summed E-state index contributed by atoms with van der Waals surface area (Å²) in [6, 6.07) is 17.7. The van der Waals surface area contributed by atoms with E-state index >= 15 is 0 Å². The molecule has 0 atom stereocenters. The van der Waals surface area contributed by atoms with E-state index in [1.807, 2.05) is 36.4 Å². The van der Waals surface area contributed by atoms with Crippen LogP contribution in [0.3, 0.4) is 0 Å². The second kappa shape index (κ2) is 6.07. The fourth-order valence-corrected chi connectivity index (χ4v) is 2.87. The van der Waals surface area contributed by atoms with Gasteiger partial charge in [-0.2, -0.15) is 0 Å². The van der Waals surface area contributed by atoms with E-state index in [1.54, 1.807) is 24.3 Å². The Hall–Kier alpha value is -1.01. The molecule has 2 aromatic carbocycles. The molecule has 0 fully saturated rings. The summed E-state index contributed by atoms with van der Waals surface area (Å²) in [6.45, 7) is 0. The first-order valence-corrected chi connectivity index (χ1v) is 6.65. The summed E-state index contributed by atoms with van der Waals surface area (Å²) in [5, 5.41) is 0. The molecule has 0 saturated heterocycles. The number of sulfone groups is 1. The van der Waals surface area contributed by atoms with E-state index < -0.39 is 9.84 Å². The second-order valence-electron chi connectivity index (χ2n) is 3.56. The Morgan fingerprint density at radius 3 is 1.76 bits per heavy atom. The monoisotopic (exact) mass is 240 g/mol. The molecule has 0 aromatic heterocycles. The first kappa shape index (κ1) is 14.0. The van der Waals surface area contributed by atoms with Gasteiger partial charge in [-0.1, -0.05) is 48.5 Å². The molecule has 0 saturated carbocycles. The van der Waals surface area contributed by atoms with Gasteiger partial charge < -0.3 is 0 Å². The van der Waals surface area contributed by atoms with Crippen molar-refractivity contribution >= 4 is 28.7 Å². The van der Waals surface area contributed by atoms with E-state index in [4.69, 9.17) is 0 Å². The van der Waals surface area contributed by atoms with Crippen LogP contribution in [0.2, 0.25) is 0 Å². The molecular formula is C13H13LiO2S. The van der Waals surface area contributed by atoms with E-state index in [-0.39, 0.29) is 24.6 Å². The molecule has 2 aromatic rings. The predicted octanol–water partition coefficient (Wildman–Crippen LogP) is 2.01. The van der Waals surface area contributed by atoms with Crippen LogP contribution in [0.25, 0.3) is 0 Å². The van der Waals surface area contributed by atoms with Crippen LogP contribution in [-0.4, -0.2) is 27.3 Å². The Bertz CT molecular complexity index is 550. The van der Waals surface area contributed by atoms with Crippen LogP contribution in [0, 0.1) is 0 Å². The van der Waals surface area contributed by atoms with Crippen LogP contribution < -0.4 is 0 Å². The zero-order valence-corrected chi connectivity index (χ0v) is 9.52. The van der Waals surface area contributed by atoms with E-state index in [0.717, 1.165) is 5.56 Å². The quantitative estimate of drug-likeness (QED) is 0.769. The predicted molar refractivity (Wildman–Crippen MR) is 70.9 cm³/mol. The van der Waals surface area contributed by atoms with Gasteiger partial charge in [0.05, 0.1) is 10.6 Å². The zero-order chi connectivity index (χ0) is 11.4. The van der Waals surface area contributed by atoms with Gasteiger partial charge in [0.2, 0.25) is 0 Å². The van der Waals surface area contributed by atoms with Crippen LogP contribution >= 0.6 is 0 Å². The van der Waals surface area contributed by atoms with Crippen molar-refractivity contribution in [2.45, 2.75) is 10.6 Å². The Balaban J connectivity index is 0.00000144. The molecule has 0 aliphatic carbocycles. The van der Waals surface area contributed by atoms with Crippen molar-refractivity contribution in [3.8, 4) is 0 Å². The Labute approximate surface area is 114 Å². The van der Waals surface area contributed by atoms with Crippen molar-refractivity contribution in [3.63, 3.8) is 0 Å². The van der Waals surface area contributed by atoms with Gasteiger partial charge in [-0.25, -0.2) is 8.42 Å². The summed E-state index contributed by atoms with van der Waals surface area (Å²) in [4.78, 5) is 0.374. The molecule has 0 aliphatic rings. The normalized spacial score (nSPS) is 10.6. The fraction of sp³-hybridized carbons (Fsp3) is 0.0769. The van der Waals surface area contributed by atoms with Crippen molar-refractivity contribution in [2.24, 2.45) is 0 Å². The number of hydrogen-bond donors (Lipinski definition) is 0. The van der Waals surface area contributed by atoms with Crippen LogP contribution in [0.1, 0.15) is 5.56 Å². The Morgan fingerprint density at radius 2 is 1.24 bits per heavy atom. The standard InChI is InChI=1S/C13H12O2S.Li.H/c14-16(15,13-9-5-2-6-10-13)11-12-7-3-1-4-8-12;;/h1-10H,11H2;;. The minimum absolute atomic E-state index is 0. The fourth-order valence-electron chi connectivity index (χ4n) is 1.50. The molecule has 0 amide bonds. The van der Waals surface area contributed by atoms with E-state index in [0.29, 0.717) is 4.90 Å². The molecule has 17 heavy (non-hydrogen) atoms. The molecule has 0 aliphatic heterocycles. The molecule has 84 valence electrons. The van der Waals surface area contributed by atoms with Crippen molar-refractivity contribution in [3.05, 3.63) is 66.2 Å². The molecule has 2 nitrogen and oxygen atoms in total. The van der Waals surface area contributed by atoms with E-state index in [9.17, 15) is 8.42 Å². The molecule has 0 unspecified atom stereocenters. The van der Waals surface area contributed by atoms with Gasteiger partial charge in [-0.15, -0.1) is 0 Å². The molecule has 0 spiro atoms. The Morgan fingerprint density at radius 1 is 0.765 bits per heavy atom. The average molecular weight is 240 g/mol. The molecular weight excluding hydrogens is 227 g/mol. The van der Waals surface area contributed by atoms with Crippen LogP contribution in [0.15, 0.2) is 65.6 Å². The van der Waals surface area contributed by atoms with Gasteiger partial charge in [0.15, 0.2) is 9.84 Å². The molecule has 4 heteroatoms. The van der Waals surface area contributed by atoms with Crippen LogP contribution in [0.5, 0.6) is 0 Å². The number of benzene rings is 2. The first-order chi connectivity index (χ1) is 7.68. The first-order valence-electron chi connectivity index (χ1n) is 5.00. The summed E-state index contributed by atoms with van der Waals surface area (Å²) < 4.78 is 24.0. The zero-order valence-electron chi connectivity index (χ0n) is 8.71. The molecule has 2 rings (SSSR count). The van der Waals surface area contributed by atoms with Gasteiger partial charge in [0.1, 0.15) is 0 Å². The van der Waals surface area contributed by atoms with Gasteiger partial charge in [-0.3, -0.25) is 0 Å². The van der Waals surface area contributed by atoms with E-state index in [2.05, 4.69) is 0 Å². The maximum atomic E-state index is 12.0.